The molecule has 0 fully saturated rings. The molecule has 0 aliphatic carbocycles. The van der Waals surface area contributed by atoms with Crippen LogP contribution >= 0.6 is 15.9 Å². The molecule has 0 bridgehead atoms. The van der Waals surface area contributed by atoms with Gasteiger partial charge < -0.3 is 5.73 Å². The molecule has 0 radical (unpaired) electrons. The number of nitrogen functional groups attached to an aromatic ring is 1. The number of nitrogens with zero attached hydrogens (tertiary/aromatic N) is 2. The van der Waals surface area contributed by atoms with Crippen LogP contribution in [0.1, 0.15) is 17.6 Å². The van der Waals surface area contributed by atoms with Crippen molar-refractivity contribution in [1.82, 2.24) is 4.98 Å². The van der Waals surface area contributed by atoms with Gasteiger partial charge in [0, 0.05) is 5.33 Å². The lowest BCUT2D eigenvalue weighted by atomic mass is 10.1. The minimum atomic E-state index is -2.88. The molecule has 5 nitrogen and oxygen atoms in total. The van der Waals surface area contributed by atoms with E-state index in [1.54, 1.807) is 0 Å². The van der Waals surface area contributed by atoms with Crippen molar-refractivity contribution in [3.63, 3.8) is 0 Å². The molecule has 1 aromatic heterocycles. The van der Waals surface area contributed by atoms with Crippen molar-refractivity contribution in [2.75, 3.05) is 5.73 Å². The highest BCUT2D eigenvalue weighted by atomic mass is 79.9. The lowest BCUT2D eigenvalue weighted by molar-refractivity contribution is -0.385. The molecule has 0 saturated heterocycles. The Labute approximate surface area is 91.6 Å². The normalized spacial score (nSPS) is 10.7. The largest absolute Gasteiger partial charge is 0.383 e. The van der Waals surface area contributed by atoms with E-state index in [4.69, 9.17) is 5.73 Å². The first kappa shape index (κ1) is 11.8. The van der Waals surface area contributed by atoms with E-state index >= 15 is 0 Å². The van der Waals surface area contributed by atoms with Gasteiger partial charge in [0.25, 0.3) is 12.1 Å². The first-order chi connectivity index (χ1) is 6.99. The molecule has 0 aliphatic rings. The summed E-state index contributed by atoms with van der Waals surface area (Å²) < 4.78 is 25.1. The summed E-state index contributed by atoms with van der Waals surface area (Å²) in [6.07, 6.45) is -2.01. The second-order valence-corrected chi connectivity index (χ2v) is 3.17. The van der Waals surface area contributed by atoms with E-state index in [-0.39, 0.29) is 16.7 Å². The Hall–Kier alpha value is -1.31. The fourth-order valence-corrected chi connectivity index (χ4v) is 1.70. The standard InChI is InChI=1S/C7H6BrF2N3O2/c8-1-3-4(13(14)15)2-12-7(11)5(3)6(9)10/h2,6H,1H2,(H2,11,12). The van der Waals surface area contributed by atoms with Gasteiger partial charge in [0.2, 0.25) is 0 Å². The van der Waals surface area contributed by atoms with Crippen LogP contribution in [0.25, 0.3) is 0 Å². The zero-order chi connectivity index (χ0) is 11.6. The lowest BCUT2D eigenvalue weighted by Gasteiger charge is -2.08. The van der Waals surface area contributed by atoms with Crippen LogP contribution in [0.3, 0.4) is 0 Å². The Bertz CT molecular complexity index is 400. The second kappa shape index (κ2) is 4.47. The highest BCUT2D eigenvalue weighted by molar-refractivity contribution is 9.08. The number of nitrogens with two attached hydrogens (primary N) is 1. The molecule has 0 amide bonds. The molecule has 1 rings (SSSR count). The number of hydrogen-bond donors (Lipinski definition) is 1. The summed E-state index contributed by atoms with van der Waals surface area (Å²) in [6.45, 7) is 0. The lowest BCUT2D eigenvalue weighted by Crippen LogP contribution is -2.06. The van der Waals surface area contributed by atoms with Crippen LogP contribution in [0.15, 0.2) is 6.20 Å². The maximum atomic E-state index is 12.6. The van der Waals surface area contributed by atoms with Crippen LogP contribution in [0.4, 0.5) is 20.3 Å². The van der Waals surface area contributed by atoms with E-state index in [2.05, 4.69) is 20.9 Å². The Morgan fingerprint density at radius 2 is 2.27 bits per heavy atom. The third-order valence-corrected chi connectivity index (χ3v) is 2.35. The molecule has 15 heavy (non-hydrogen) atoms. The highest BCUT2D eigenvalue weighted by Crippen LogP contribution is 2.34. The Morgan fingerprint density at radius 1 is 1.67 bits per heavy atom. The molecule has 0 spiro atoms. The van der Waals surface area contributed by atoms with Gasteiger partial charge in [-0.2, -0.15) is 0 Å². The van der Waals surface area contributed by atoms with E-state index in [1.807, 2.05) is 0 Å². The van der Waals surface area contributed by atoms with E-state index in [0.29, 0.717) is 0 Å². The Balaban J connectivity index is 3.47. The summed E-state index contributed by atoms with van der Waals surface area (Å²) in [4.78, 5) is 13.1. The van der Waals surface area contributed by atoms with Crippen LogP contribution in [-0.4, -0.2) is 9.91 Å². The van der Waals surface area contributed by atoms with Crippen LogP contribution in [0.2, 0.25) is 0 Å². The number of pyridine rings is 1. The number of alkyl halides is 3. The predicted octanol–water partition coefficient (Wildman–Crippen LogP) is 2.40. The van der Waals surface area contributed by atoms with Crippen molar-refractivity contribution in [2.24, 2.45) is 0 Å². The minimum absolute atomic E-state index is 0.0737. The smallest absolute Gasteiger partial charge is 0.292 e. The van der Waals surface area contributed by atoms with Crippen molar-refractivity contribution in [3.05, 3.63) is 27.4 Å². The molecule has 0 unspecified atom stereocenters. The van der Waals surface area contributed by atoms with E-state index < -0.39 is 22.6 Å². The van der Waals surface area contributed by atoms with Crippen molar-refractivity contribution < 1.29 is 13.7 Å². The number of rotatable bonds is 3. The fraction of sp³-hybridized carbons (Fsp3) is 0.286. The average Bonchev–Trinajstić information content (AvgIpc) is 2.15. The Morgan fingerprint density at radius 3 is 2.67 bits per heavy atom. The van der Waals surface area contributed by atoms with Gasteiger partial charge in [0.1, 0.15) is 12.0 Å². The molecule has 0 aromatic carbocycles. The predicted molar refractivity (Wildman–Crippen MR) is 52.9 cm³/mol. The van der Waals surface area contributed by atoms with Gasteiger partial charge in [0.05, 0.1) is 16.1 Å². The van der Waals surface area contributed by atoms with Crippen molar-refractivity contribution >= 4 is 27.4 Å². The maximum Gasteiger partial charge on any atom is 0.292 e. The van der Waals surface area contributed by atoms with Gasteiger partial charge in [-0.05, 0) is 0 Å². The summed E-state index contributed by atoms with van der Waals surface area (Å²) in [6, 6.07) is 0. The molecule has 1 aromatic rings. The van der Waals surface area contributed by atoms with Crippen LogP contribution in [0.5, 0.6) is 0 Å². The number of anilines is 1. The zero-order valence-electron chi connectivity index (χ0n) is 7.28. The molecular weight excluding hydrogens is 276 g/mol. The number of nitro groups is 1. The summed E-state index contributed by atoms with van der Waals surface area (Å²) in [5, 5.41) is 10.5. The molecule has 0 aliphatic heterocycles. The van der Waals surface area contributed by atoms with E-state index in [9.17, 15) is 18.9 Å². The van der Waals surface area contributed by atoms with Gasteiger partial charge in [-0.25, -0.2) is 13.8 Å². The maximum absolute atomic E-state index is 12.6. The van der Waals surface area contributed by atoms with Crippen LogP contribution in [0, 0.1) is 10.1 Å². The molecule has 82 valence electrons. The molecule has 0 saturated carbocycles. The second-order valence-electron chi connectivity index (χ2n) is 2.61. The number of aromatic nitrogens is 1. The number of halogens is 3. The van der Waals surface area contributed by atoms with Crippen molar-refractivity contribution in [2.45, 2.75) is 11.8 Å². The summed E-state index contributed by atoms with van der Waals surface area (Å²) >= 11 is 2.91. The molecule has 8 heteroatoms. The van der Waals surface area contributed by atoms with Crippen molar-refractivity contribution in [1.29, 1.82) is 0 Å². The van der Waals surface area contributed by atoms with Gasteiger partial charge in [-0.15, -0.1) is 0 Å². The van der Waals surface area contributed by atoms with Gasteiger partial charge in [-0.1, -0.05) is 15.9 Å². The van der Waals surface area contributed by atoms with Gasteiger partial charge >= 0.3 is 0 Å². The fourth-order valence-electron chi connectivity index (χ4n) is 1.11. The SMILES string of the molecule is Nc1ncc([N+](=O)[O-])c(CBr)c1C(F)F. The van der Waals surface area contributed by atoms with Gasteiger partial charge in [0.15, 0.2) is 0 Å². The topological polar surface area (TPSA) is 82.0 Å². The third-order valence-electron chi connectivity index (χ3n) is 1.78. The van der Waals surface area contributed by atoms with Gasteiger partial charge in [-0.3, -0.25) is 10.1 Å². The molecule has 1 heterocycles. The average molecular weight is 282 g/mol. The highest BCUT2D eigenvalue weighted by Gasteiger charge is 2.25. The summed E-state index contributed by atoms with van der Waals surface area (Å²) in [7, 11) is 0. The summed E-state index contributed by atoms with van der Waals surface area (Å²) in [5.41, 5.74) is 4.05. The molecule has 2 N–H and O–H groups in total. The van der Waals surface area contributed by atoms with Crippen LogP contribution in [-0.2, 0) is 5.33 Å². The quantitative estimate of drug-likeness (QED) is 0.524. The zero-order valence-corrected chi connectivity index (χ0v) is 8.87. The van der Waals surface area contributed by atoms with E-state index in [1.165, 1.54) is 0 Å². The number of hydrogen-bond acceptors (Lipinski definition) is 4. The first-order valence-corrected chi connectivity index (χ1v) is 4.87. The van der Waals surface area contributed by atoms with Crippen LogP contribution < -0.4 is 5.73 Å². The van der Waals surface area contributed by atoms with E-state index in [0.717, 1.165) is 6.20 Å². The van der Waals surface area contributed by atoms with Crippen molar-refractivity contribution in [3.8, 4) is 0 Å². The minimum Gasteiger partial charge on any atom is -0.383 e. The first-order valence-electron chi connectivity index (χ1n) is 3.74. The summed E-state index contributed by atoms with van der Waals surface area (Å²) in [5.74, 6) is -0.384. The molecular formula is C7H6BrF2N3O2. The Kier molecular flexibility index (Phi) is 3.51. The monoisotopic (exact) mass is 281 g/mol. The third kappa shape index (κ3) is 2.20. The molecule has 0 atom stereocenters.